The Labute approximate surface area is 143 Å². The highest BCUT2D eigenvalue weighted by Gasteiger charge is 2.32. The predicted molar refractivity (Wildman–Crippen MR) is 96.1 cm³/mol. The van der Waals surface area contributed by atoms with Crippen LogP contribution in [0.25, 0.3) is 10.9 Å². The molecule has 0 spiro atoms. The number of benzene rings is 2. The number of hydrogen-bond donors (Lipinski definition) is 1. The minimum atomic E-state index is -0.284. The predicted octanol–water partition coefficient (Wildman–Crippen LogP) is 3.63. The Morgan fingerprint density at radius 1 is 0.917 bits per heavy atom. The molecule has 1 N–H and O–H groups in total. The number of pyridine rings is 1. The number of nitrogens with one attached hydrogen (secondary N) is 1. The number of amides is 2. The van der Waals surface area contributed by atoms with Crippen LogP contribution in [0, 0.1) is 0 Å². The van der Waals surface area contributed by atoms with Crippen molar-refractivity contribution in [1.29, 1.82) is 0 Å². The summed E-state index contributed by atoms with van der Waals surface area (Å²) in [5, 5.41) is 1.38. The lowest BCUT2D eigenvalue weighted by atomic mass is 10.2. The molecule has 0 radical (unpaired) electrons. The fourth-order valence-electron chi connectivity index (χ4n) is 2.97. The van der Waals surface area contributed by atoms with Crippen LogP contribution in [-0.2, 0) is 0 Å². The summed E-state index contributed by atoms with van der Waals surface area (Å²) in [5.41, 5.74) is 1.58. The number of carbonyl (C=O) groups is 1. The Bertz CT molecular complexity index is 984. The first-order chi connectivity index (χ1) is 11.6. The Morgan fingerprint density at radius 3 is 2.46 bits per heavy atom. The van der Waals surface area contributed by atoms with Crippen molar-refractivity contribution in [2.75, 3.05) is 22.9 Å². The van der Waals surface area contributed by atoms with Gasteiger partial charge in [0.1, 0.15) is 5.69 Å². The molecule has 0 bridgehead atoms. The Balaban J connectivity index is 1.74. The fourth-order valence-corrected chi connectivity index (χ4v) is 3.16. The number of carbonyl (C=O) groups excluding carboxylic acids is 1. The maximum absolute atomic E-state index is 12.7. The van der Waals surface area contributed by atoms with E-state index >= 15 is 0 Å². The van der Waals surface area contributed by atoms with Gasteiger partial charge in [-0.3, -0.25) is 14.6 Å². The fraction of sp³-hybridized carbons (Fsp3) is 0.111. The number of hydrogen-bond acceptors (Lipinski definition) is 2. The first-order valence-corrected chi connectivity index (χ1v) is 7.98. The average molecular weight is 340 g/mol. The second-order valence-electron chi connectivity index (χ2n) is 5.64. The van der Waals surface area contributed by atoms with E-state index in [2.05, 4.69) is 4.98 Å². The van der Waals surface area contributed by atoms with Crippen molar-refractivity contribution in [1.82, 2.24) is 4.98 Å². The van der Waals surface area contributed by atoms with E-state index in [1.807, 2.05) is 30.3 Å². The number of urea groups is 1. The largest absolute Gasteiger partial charge is 0.329 e. The summed E-state index contributed by atoms with van der Waals surface area (Å²) in [6.07, 6.45) is 0. The van der Waals surface area contributed by atoms with Crippen molar-refractivity contribution < 1.29 is 4.79 Å². The Morgan fingerprint density at radius 2 is 1.67 bits per heavy atom. The van der Waals surface area contributed by atoms with Crippen molar-refractivity contribution >= 4 is 39.9 Å². The third-order valence-corrected chi connectivity index (χ3v) is 4.39. The lowest BCUT2D eigenvalue weighted by Gasteiger charge is -2.18. The minimum Gasteiger partial charge on any atom is -0.320 e. The number of rotatable bonds is 2. The second-order valence-corrected chi connectivity index (χ2v) is 6.07. The van der Waals surface area contributed by atoms with E-state index in [4.69, 9.17) is 11.6 Å². The first-order valence-electron chi connectivity index (χ1n) is 7.60. The van der Waals surface area contributed by atoms with Gasteiger partial charge in [0.25, 0.3) is 5.56 Å². The molecular formula is C18H14ClN3O2. The van der Waals surface area contributed by atoms with Gasteiger partial charge in [0, 0.05) is 34.7 Å². The van der Waals surface area contributed by atoms with Crippen LogP contribution in [0.3, 0.4) is 0 Å². The van der Waals surface area contributed by atoms with Crippen molar-refractivity contribution in [3.05, 3.63) is 70.0 Å². The van der Waals surface area contributed by atoms with E-state index in [-0.39, 0.29) is 11.6 Å². The van der Waals surface area contributed by atoms with Crippen LogP contribution in [0.5, 0.6) is 0 Å². The molecule has 1 aromatic heterocycles. The molecule has 5 nitrogen and oxygen atoms in total. The molecule has 0 aliphatic carbocycles. The first kappa shape index (κ1) is 14.8. The number of aromatic nitrogens is 1. The molecule has 2 heterocycles. The van der Waals surface area contributed by atoms with E-state index in [1.54, 1.807) is 29.2 Å². The zero-order valence-electron chi connectivity index (χ0n) is 12.7. The molecule has 0 saturated carbocycles. The number of halogens is 1. The van der Waals surface area contributed by atoms with Crippen molar-refractivity contribution in [3.63, 3.8) is 0 Å². The lowest BCUT2D eigenvalue weighted by Crippen LogP contribution is -2.34. The molecule has 120 valence electrons. The van der Waals surface area contributed by atoms with Crippen LogP contribution in [0.15, 0.2) is 59.4 Å². The summed E-state index contributed by atoms with van der Waals surface area (Å²) in [6, 6.07) is 16.2. The lowest BCUT2D eigenvalue weighted by molar-refractivity contribution is 0.256. The quantitative estimate of drug-likeness (QED) is 0.775. The van der Waals surface area contributed by atoms with Gasteiger partial charge in [-0.1, -0.05) is 29.8 Å². The van der Waals surface area contributed by atoms with Gasteiger partial charge in [0.2, 0.25) is 0 Å². The highest BCUT2D eigenvalue weighted by Crippen LogP contribution is 2.25. The van der Waals surface area contributed by atoms with Crippen LogP contribution >= 0.6 is 11.6 Å². The molecule has 2 amide bonds. The number of fused-ring (bicyclic) bond motifs is 1. The number of anilines is 2. The summed E-state index contributed by atoms with van der Waals surface area (Å²) in [5.74, 6) is 0. The maximum atomic E-state index is 12.7. The molecule has 6 heteroatoms. The molecule has 0 unspecified atom stereocenters. The minimum absolute atomic E-state index is 0.201. The molecule has 2 aromatic carbocycles. The molecule has 1 aliphatic rings. The highest BCUT2D eigenvalue weighted by atomic mass is 35.5. The number of nitrogens with zero attached hydrogens (tertiary/aromatic N) is 2. The van der Waals surface area contributed by atoms with Gasteiger partial charge < -0.3 is 4.98 Å². The zero-order chi connectivity index (χ0) is 16.7. The highest BCUT2D eigenvalue weighted by molar-refractivity contribution is 6.31. The van der Waals surface area contributed by atoms with Crippen LogP contribution in [0.4, 0.5) is 16.2 Å². The number of para-hydroxylation sites is 1. The van der Waals surface area contributed by atoms with Gasteiger partial charge in [-0.25, -0.2) is 4.79 Å². The van der Waals surface area contributed by atoms with E-state index in [0.29, 0.717) is 29.3 Å². The van der Waals surface area contributed by atoms with Gasteiger partial charge in [0.05, 0.1) is 0 Å². The Kier molecular flexibility index (Phi) is 3.50. The molecule has 3 aromatic rings. The second kappa shape index (κ2) is 5.69. The summed E-state index contributed by atoms with van der Waals surface area (Å²) in [7, 11) is 0. The molecule has 1 aliphatic heterocycles. The normalized spacial score (nSPS) is 14.6. The van der Waals surface area contributed by atoms with E-state index in [9.17, 15) is 9.59 Å². The smallest absolute Gasteiger partial charge is 0.320 e. The van der Waals surface area contributed by atoms with Gasteiger partial charge in [0.15, 0.2) is 0 Å². The third-order valence-electron chi connectivity index (χ3n) is 4.15. The monoisotopic (exact) mass is 339 g/mol. The van der Waals surface area contributed by atoms with Gasteiger partial charge in [-0.2, -0.15) is 0 Å². The van der Waals surface area contributed by atoms with E-state index < -0.39 is 0 Å². The van der Waals surface area contributed by atoms with Crippen LogP contribution in [0.1, 0.15) is 0 Å². The summed E-state index contributed by atoms with van der Waals surface area (Å²) < 4.78 is 0. The molecular weight excluding hydrogens is 326 g/mol. The molecule has 0 atom stereocenters. The zero-order valence-corrected chi connectivity index (χ0v) is 13.5. The van der Waals surface area contributed by atoms with Crippen LogP contribution in [-0.4, -0.2) is 24.1 Å². The van der Waals surface area contributed by atoms with Gasteiger partial charge in [-0.15, -0.1) is 0 Å². The summed E-state index contributed by atoms with van der Waals surface area (Å²) in [6.45, 7) is 0.999. The topological polar surface area (TPSA) is 56.4 Å². The third kappa shape index (κ3) is 2.43. The number of H-pyrrole nitrogens is 1. The van der Waals surface area contributed by atoms with Gasteiger partial charge >= 0.3 is 6.03 Å². The van der Waals surface area contributed by atoms with Crippen molar-refractivity contribution in [3.8, 4) is 0 Å². The number of aromatic amines is 1. The molecule has 1 fully saturated rings. The average Bonchev–Trinajstić information content (AvgIpc) is 2.97. The van der Waals surface area contributed by atoms with Gasteiger partial charge in [-0.05, 0) is 36.4 Å². The maximum Gasteiger partial charge on any atom is 0.329 e. The SMILES string of the molecule is O=C1N(c2ccccc2)CCN1c1cc2cc(Cl)ccc2[nH]c1=O. The van der Waals surface area contributed by atoms with Crippen LogP contribution in [0.2, 0.25) is 5.02 Å². The van der Waals surface area contributed by atoms with E-state index in [0.717, 1.165) is 11.1 Å². The summed E-state index contributed by atoms with van der Waals surface area (Å²) in [4.78, 5) is 31.1. The van der Waals surface area contributed by atoms with Crippen molar-refractivity contribution in [2.45, 2.75) is 0 Å². The molecule has 24 heavy (non-hydrogen) atoms. The van der Waals surface area contributed by atoms with Crippen molar-refractivity contribution in [2.24, 2.45) is 0 Å². The standard InChI is InChI=1S/C18H14ClN3O2/c19-13-6-7-15-12(10-13)11-16(17(23)20-15)22-9-8-21(18(22)24)14-4-2-1-3-5-14/h1-7,10-11H,8-9H2,(H,20,23). The van der Waals surface area contributed by atoms with E-state index in [1.165, 1.54) is 4.90 Å². The van der Waals surface area contributed by atoms with Crippen LogP contribution < -0.4 is 15.4 Å². The summed E-state index contributed by atoms with van der Waals surface area (Å²) >= 11 is 6.02. The molecule has 4 rings (SSSR count). The Hall–Kier alpha value is -2.79. The molecule has 1 saturated heterocycles.